The lowest BCUT2D eigenvalue weighted by Crippen LogP contribution is -2.39. The highest BCUT2D eigenvalue weighted by molar-refractivity contribution is 9.10. The van der Waals surface area contributed by atoms with Crippen LogP contribution in [0.5, 0.6) is 5.75 Å². The molecule has 0 saturated carbocycles. The maximum atomic E-state index is 11.9. The normalized spacial score (nSPS) is 13.8. The molecular formula is C12H15BrN2O3. The Morgan fingerprint density at radius 2 is 2.50 bits per heavy atom. The molecule has 0 fully saturated rings. The molecule has 0 radical (unpaired) electrons. The zero-order valence-corrected chi connectivity index (χ0v) is 11.8. The van der Waals surface area contributed by atoms with E-state index >= 15 is 0 Å². The van der Waals surface area contributed by atoms with E-state index in [0.29, 0.717) is 31.3 Å². The summed E-state index contributed by atoms with van der Waals surface area (Å²) >= 11 is 3.32. The number of fused-ring (bicyclic) bond motifs is 1. The Kier molecular flexibility index (Phi) is 4.41. The van der Waals surface area contributed by atoms with Crippen molar-refractivity contribution in [2.45, 2.75) is 19.8 Å². The number of aromatic nitrogens is 1. The Bertz CT molecular complexity index is 439. The van der Waals surface area contributed by atoms with Crippen molar-refractivity contribution in [1.29, 1.82) is 0 Å². The Morgan fingerprint density at radius 3 is 3.28 bits per heavy atom. The van der Waals surface area contributed by atoms with Crippen LogP contribution in [-0.2, 0) is 4.74 Å². The van der Waals surface area contributed by atoms with E-state index in [0.717, 1.165) is 17.3 Å². The summed E-state index contributed by atoms with van der Waals surface area (Å²) in [6.07, 6.45) is 3.15. The number of rotatable bonds is 3. The zero-order chi connectivity index (χ0) is 13.0. The van der Waals surface area contributed by atoms with Crippen LogP contribution in [0.3, 0.4) is 0 Å². The molecule has 0 spiro atoms. The summed E-state index contributed by atoms with van der Waals surface area (Å²) in [4.78, 5) is 17.6. The van der Waals surface area contributed by atoms with Gasteiger partial charge in [0, 0.05) is 10.7 Å². The molecule has 2 rings (SSSR count). The third-order valence-electron chi connectivity index (χ3n) is 2.57. The number of nitrogens with zero attached hydrogens (tertiary/aromatic N) is 2. The van der Waals surface area contributed by atoms with Crippen molar-refractivity contribution in [3.8, 4) is 5.75 Å². The second kappa shape index (κ2) is 6.04. The molecule has 1 aliphatic heterocycles. The minimum Gasteiger partial charge on any atom is -0.488 e. The highest BCUT2D eigenvalue weighted by Gasteiger charge is 2.26. The minimum atomic E-state index is -0.358. The number of unbranched alkanes of at least 4 members (excludes halogenated alkanes) is 1. The first-order valence-electron chi connectivity index (χ1n) is 5.95. The predicted molar refractivity (Wildman–Crippen MR) is 71.0 cm³/mol. The predicted octanol–water partition coefficient (Wildman–Crippen LogP) is 2.98. The number of carbonyl (C=O) groups is 1. The van der Waals surface area contributed by atoms with E-state index in [9.17, 15) is 4.79 Å². The molecule has 0 atom stereocenters. The van der Waals surface area contributed by atoms with Gasteiger partial charge in [0.25, 0.3) is 0 Å². The fourth-order valence-corrected chi connectivity index (χ4v) is 1.94. The van der Waals surface area contributed by atoms with Gasteiger partial charge in [-0.25, -0.2) is 9.78 Å². The van der Waals surface area contributed by atoms with E-state index in [1.165, 1.54) is 4.90 Å². The molecule has 1 aromatic heterocycles. The largest absolute Gasteiger partial charge is 0.488 e. The number of hydrogen-bond donors (Lipinski definition) is 0. The van der Waals surface area contributed by atoms with Crippen LogP contribution in [0, 0.1) is 0 Å². The van der Waals surface area contributed by atoms with E-state index in [1.54, 1.807) is 12.3 Å². The van der Waals surface area contributed by atoms with Gasteiger partial charge in [0.15, 0.2) is 11.6 Å². The van der Waals surface area contributed by atoms with Gasteiger partial charge in [-0.3, -0.25) is 4.90 Å². The lowest BCUT2D eigenvalue weighted by atomic mass is 10.3. The summed E-state index contributed by atoms with van der Waals surface area (Å²) in [5, 5.41) is 0. The maximum absolute atomic E-state index is 11.9. The molecule has 1 aromatic rings. The Morgan fingerprint density at radius 1 is 1.67 bits per heavy atom. The average Bonchev–Trinajstić information content (AvgIpc) is 2.37. The number of carbonyl (C=O) groups excluding carboxylic acids is 1. The number of hydrogen-bond acceptors (Lipinski definition) is 4. The number of anilines is 1. The van der Waals surface area contributed by atoms with Crippen molar-refractivity contribution in [2.24, 2.45) is 0 Å². The van der Waals surface area contributed by atoms with Gasteiger partial charge in [-0.15, -0.1) is 0 Å². The summed E-state index contributed by atoms with van der Waals surface area (Å²) in [5.74, 6) is 1.12. The van der Waals surface area contributed by atoms with Crippen LogP contribution in [0.1, 0.15) is 19.8 Å². The lowest BCUT2D eigenvalue weighted by Gasteiger charge is -2.27. The highest BCUT2D eigenvalue weighted by atomic mass is 79.9. The molecular weight excluding hydrogens is 300 g/mol. The van der Waals surface area contributed by atoms with Crippen LogP contribution in [-0.4, -0.2) is 30.8 Å². The van der Waals surface area contributed by atoms with Crippen molar-refractivity contribution in [1.82, 2.24) is 4.98 Å². The number of halogens is 1. The van der Waals surface area contributed by atoms with E-state index < -0.39 is 0 Å². The topological polar surface area (TPSA) is 51.7 Å². The van der Waals surface area contributed by atoms with Gasteiger partial charge in [0.1, 0.15) is 6.61 Å². The monoisotopic (exact) mass is 314 g/mol. The lowest BCUT2D eigenvalue weighted by molar-refractivity contribution is 0.148. The van der Waals surface area contributed by atoms with Crippen LogP contribution >= 0.6 is 15.9 Å². The third-order valence-corrected chi connectivity index (χ3v) is 3.01. The maximum Gasteiger partial charge on any atom is 0.415 e. The van der Waals surface area contributed by atoms with Gasteiger partial charge in [-0.1, -0.05) is 13.3 Å². The molecule has 98 valence electrons. The summed E-state index contributed by atoms with van der Waals surface area (Å²) in [7, 11) is 0. The van der Waals surface area contributed by atoms with Gasteiger partial charge < -0.3 is 9.47 Å². The highest BCUT2D eigenvalue weighted by Crippen LogP contribution is 2.31. The smallest absolute Gasteiger partial charge is 0.415 e. The molecule has 0 N–H and O–H groups in total. The molecule has 6 heteroatoms. The second-order valence-electron chi connectivity index (χ2n) is 3.94. The van der Waals surface area contributed by atoms with Crippen molar-refractivity contribution in [3.05, 3.63) is 16.7 Å². The average molecular weight is 315 g/mol. The van der Waals surface area contributed by atoms with Crippen LogP contribution in [0.25, 0.3) is 0 Å². The van der Waals surface area contributed by atoms with Crippen molar-refractivity contribution < 1.29 is 14.3 Å². The van der Waals surface area contributed by atoms with Gasteiger partial charge in [-0.05, 0) is 28.4 Å². The van der Waals surface area contributed by atoms with Crippen molar-refractivity contribution >= 4 is 27.8 Å². The Hall–Kier alpha value is -1.30. The van der Waals surface area contributed by atoms with E-state index in [-0.39, 0.29) is 6.09 Å². The molecule has 0 saturated heterocycles. The molecule has 0 unspecified atom stereocenters. The minimum absolute atomic E-state index is 0.358. The van der Waals surface area contributed by atoms with Gasteiger partial charge in [-0.2, -0.15) is 0 Å². The van der Waals surface area contributed by atoms with Crippen molar-refractivity contribution in [3.63, 3.8) is 0 Å². The fourth-order valence-electron chi connectivity index (χ4n) is 1.63. The van der Waals surface area contributed by atoms with Crippen LogP contribution < -0.4 is 9.64 Å². The molecule has 0 aliphatic carbocycles. The second-order valence-corrected chi connectivity index (χ2v) is 4.86. The number of pyridine rings is 1. The van der Waals surface area contributed by atoms with Gasteiger partial charge in [0.2, 0.25) is 0 Å². The standard InChI is InChI=1S/C12H15BrN2O3/c1-2-3-5-18-12(16)15-4-6-17-10-7-9(13)8-14-11(10)15/h7-8H,2-6H2,1H3. The first-order chi connectivity index (χ1) is 8.72. The molecule has 5 nitrogen and oxygen atoms in total. The molecule has 1 amide bonds. The number of amides is 1. The van der Waals surface area contributed by atoms with Gasteiger partial charge in [0.05, 0.1) is 13.2 Å². The Labute approximate surface area is 114 Å². The molecule has 0 bridgehead atoms. The van der Waals surface area contributed by atoms with Crippen molar-refractivity contribution in [2.75, 3.05) is 24.7 Å². The summed E-state index contributed by atoms with van der Waals surface area (Å²) < 4.78 is 11.5. The molecule has 1 aliphatic rings. The molecule has 2 heterocycles. The SMILES string of the molecule is CCCCOC(=O)N1CCOc2cc(Br)cnc21. The summed E-state index contributed by atoms with van der Waals surface area (Å²) in [6.45, 7) is 3.41. The quantitative estimate of drug-likeness (QED) is 0.805. The van der Waals surface area contributed by atoms with Crippen LogP contribution in [0.15, 0.2) is 16.7 Å². The first-order valence-corrected chi connectivity index (χ1v) is 6.74. The summed E-state index contributed by atoms with van der Waals surface area (Å²) in [6, 6.07) is 1.80. The van der Waals surface area contributed by atoms with Crippen LogP contribution in [0.2, 0.25) is 0 Å². The van der Waals surface area contributed by atoms with Crippen LogP contribution in [0.4, 0.5) is 10.6 Å². The fraction of sp³-hybridized carbons (Fsp3) is 0.500. The molecule has 0 aromatic carbocycles. The third kappa shape index (κ3) is 2.93. The first kappa shape index (κ1) is 13.1. The molecule has 18 heavy (non-hydrogen) atoms. The number of ether oxygens (including phenoxy) is 2. The summed E-state index contributed by atoms with van der Waals surface area (Å²) in [5.41, 5.74) is 0. The van der Waals surface area contributed by atoms with E-state index in [2.05, 4.69) is 27.8 Å². The van der Waals surface area contributed by atoms with E-state index in [1.807, 2.05) is 0 Å². The Balaban J connectivity index is 2.09. The van der Waals surface area contributed by atoms with Gasteiger partial charge >= 0.3 is 6.09 Å². The van der Waals surface area contributed by atoms with E-state index in [4.69, 9.17) is 9.47 Å². The zero-order valence-electron chi connectivity index (χ0n) is 10.2.